The molecule has 6 heteroatoms. The number of benzene rings is 2. The lowest BCUT2D eigenvalue weighted by molar-refractivity contribution is -0.130. The Morgan fingerprint density at radius 3 is 2.81 bits per heavy atom. The van der Waals surface area contributed by atoms with E-state index in [-0.39, 0.29) is 19.1 Å². The lowest BCUT2D eigenvalue weighted by Crippen LogP contribution is -2.40. The molecule has 0 fully saturated rings. The number of ether oxygens (including phenoxy) is 1. The molecule has 0 atom stereocenters. The van der Waals surface area contributed by atoms with Crippen molar-refractivity contribution in [1.82, 2.24) is 10.2 Å². The van der Waals surface area contributed by atoms with E-state index in [1.165, 1.54) is 10.5 Å². The van der Waals surface area contributed by atoms with Gasteiger partial charge in [0, 0.05) is 23.7 Å². The van der Waals surface area contributed by atoms with Gasteiger partial charge in [0.15, 0.2) is 0 Å². The van der Waals surface area contributed by atoms with E-state index in [1.807, 2.05) is 37.3 Å². The van der Waals surface area contributed by atoms with Crippen molar-refractivity contribution in [3.05, 3.63) is 65.2 Å². The van der Waals surface area contributed by atoms with Gasteiger partial charge in [-0.1, -0.05) is 48.0 Å². The summed E-state index contributed by atoms with van der Waals surface area (Å²) >= 11 is 1.76. The van der Waals surface area contributed by atoms with Gasteiger partial charge in [-0.25, -0.2) is 4.79 Å². The number of fused-ring (bicyclic) bond motifs is 1. The molecule has 0 saturated carbocycles. The van der Waals surface area contributed by atoms with Crippen LogP contribution in [0.15, 0.2) is 53.4 Å². The van der Waals surface area contributed by atoms with Crippen LogP contribution in [-0.4, -0.2) is 35.7 Å². The molecule has 2 aromatic carbocycles. The summed E-state index contributed by atoms with van der Waals surface area (Å²) in [4.78, 5) is 27.3. The van der Waals surface area contributed by atoms with Gasteiger partial charge in [0.1, 0.15) is 13.2 Å². The number of amides is 2. The zero-order valence-electron chi connectivity index (χ0n) is 14.7. The number of carbonyl (C=O) groups excluding carboxylic acids is 2. The van der Waals surface area contributed by atoms with Crippen molar-refractivity contribution >= 4 is 23.8 Å². The molecule has 1 aliphatic rings. The first-order valence-electron chi connectivity index (χ1n) is 8.56. The van der Waals surface area contributed by atoms with E-state index < -0.39 is 6.09 Å². The minimum absolute atomic E-state index is 0.0561. The molecule has 0 aromatic heterocycles. The molecule has 0 spiro atoms. The lowest BCUT2D eigenvalue weighted by Gasteiger charge is -2.21. The van der Waals surface area contributed by atoms with E-state index in [0.717, 1.165) is 16.9 Å². The van der Waals surface area contributed by atoms with Crippen LogP contribution in [0.3, 0.4) is 0 Å². The van der Waals surface area contributed by atoms with Crippen molar-refractivity contribution in [2.45, 2.75) is 25.0 Å². The maximum Gasteiger partial charge on any atom is 0.407 e. The molecule has 1 N–H and O–H groups in total. The van der Waals surface area contributed by atoms with E-state index in [0.29, 0.717) is 13.1 Å². The summed E-state index contributed by atoms with van der Waals surface area (Å²) in [6.45, 7) is 3.42. The Kier molecular flexibility index (Phi) is 6.17. The number of thioether (sulfide) groups is 1. The molecule has 0 radical (unpaired) electrons. The number of alkyl carbamates (subject to hydrolysis) is 1. The van der Waals surface area contributed by atoms with Crippen LogP contribution in [0.2, 0.25) is 0 Å². The van der Waals surface area contributed by atoms with Gasteiger partial charge in [0.05, 0.1) is 0 Å². The van der Waals surface area contributed by atoms with Crippen LogP contribution in [0, 0.1) is 6.92 Å². The van der Waals surface area contributed by atoms with E-state index in [1.54, 1.807) is 16.7 Å². The van der Waals surface area contributed by atoms with Crippen LogP contribution in [0.4, 0.5) is 4.79 Å². The molecular weight excluding hydrogens is 348 g/mol. The van der Waals surface area contributed by atoms with Crippen LogP contribution in [0.5, 0.6) is 0 Å². The minimum Gasteiger partial charge on any atom is -0.445 e. The molecule has 0 bridgehead atoms. The normalized spacial score (nSPS) is 13.5. The average Bonchev–Trinajstić information content (AvgIpc) is 2.87. The van der Waals surface area contributed by atoms with Crippen molar-refractivity contribution < 1.29 is 14.3 Å². The Morgan fingerprint density at radius 1 is 1.19 bits per heavy atom. The second kappa shape index (κ2) is 8.76. The van der Waals surface area contributed by atoms with Gasteiger partial charge in [-0.05, 0) is 24.1 Å². The van der Waals surface area contributed by atoms with Crippen molar-refractivity contribution in [3.8, 4) is 0 Å². The molecule has 2 aromatic rings. The number of aryl methyl sites for hydroxylation is 1. The van der Waals surface area contributed by atoms with Gasteiger partial charge in [-0.15, -0.1) is 11.8 Å². The van der Waals surface area contributed by atoms with Gasteiger partial charge in [0.25, 0.3) is 0 Å². The molecule has 1 heterocycles. The third kappa shape index (κ3) is 5.02. The standard InChI is InChI=1S/C20H22N2O3S/c1-15-7-8-18-17(11-15)13-22(9-10-26-18)19(23)12-21-20(24)25-14-16-5-3-2-4-6-16/h2-8,11H,9-10,12-14H2,1H3,(H,21,24). The highest BCUT2D eigenvalue weighted by molar-refractivity contribution is 7.99. The van der Waals surface area contributed by atoms with E-state index >= 15 is 0 Å². The van der Waals surface area contributed by atoms with Crippen LogP contribution < -0.4 is 5.32 Å². The Hall–Kier alpha value is -2.47. The predicted molar refractivity (Wildman–Crippen MR) is 102 cm³/mol. The number of carbonyl (C=O) groups is 2. The number of rotatable bonds is 4. The molecular formula is C20H22N2O3S. The van der Waals surface area contributed by atoms with Crippen LogP contribution in [0.25, 0.3) is 0 Å². The quantitative estimate of drug-likeness (QED) is 0.897. The Labute approximate surface area is 157 Å². The average molecular weight is 370 g/mol. The highest BCUT2D eigenvalue weighted by atomic mass is 32.2. The molecule has 1 aliphatic heterocycles. The smallest absolute Gasteiger partial charge is 0.407 e. The summed E-state index contributed by atoms with van der Waals surface area (Å²) in [5.41, 5.74) is 3.25. The first kappa shape index (κ1) is 18.3. The van der Waals surface area contributed by atoms with Crippen molar-refractivity contribution in [2.24, 2.45) is 0 Å². The number of hydrogen-bond acceptors (Lipinski definition) is 4. The maximum atomic E-state index is 12.5. The first-order chi connectivity index (χ1) is 12.6. The molecule has 0 unspecified atom stereocenters. The number of nitrogens with zero attached hydrogens (tertiary/aromatic N) is 1. The Bertz CT molecular complexity index is 780. The fraction of sp³-hybridized carbons (Fsp3) is 0.300. The molecule has 0 saturated heterocycles. The fourth-order valence-corrected chi connectivity index (χ4v) is 3.77. The van der Waals surface area contributed by atoms with Crippen LogP contribution in [0.1, 0.15) is 16.7 Å². The van der Waals surface area contributed by atoms with Gasteiger partial charge < -0.3 is 15.0 Å². The maximum absolute atomic E-state index is 12.5. The minimum atomic E-state index is -0.581. The molecule has 5 nitrogen and oxygen atoms in total. The Morgan fingerprint density at radius 2 is 2.00 bits per heavy atom. The second-order valence-electron chi connectivity index (χ2n) is 6.19. The molecule has 0 aliphatic carbocycles. The van der Waals surface area contributed by atoms with E-state index in [2.05, 4.69) is 23.5 Å². The third-order valence-electron chi connectivity index (χ3n) is 4.15. The SMILES string of the molecule is Cc1ccc2c(c1)CN(C(=O)CNC(=O)OCc1ccccc1)CCS2. The first-order valence-corrected chi connectivity index (χ1v) is 9.55. The lowest BCUT2D eigenvalue weighted by atomic mass is 10.1. The summed E-state index contributed by atoms with van der Waals surface area (Å²) in [6, 6.07) is 15.8. The predicted octanol–water partition coefficient (Wildman–Crippen LogP) is 3.36. The molecule has 26 heavy (non-hydrogen) atoms. The summed E-state index contributed by atoms with van der Waals surface area (Å²) in [6.07, 6.45) is -0.581. The van der Waals surface area contributed by atoms with Crippen molar-refractivity contribution in [3.63, 3.8) is 0 Å². The topological polar surface area (TPSA) is 58.6 Å². The summed E-state index contributed by atoms with van der Waals surface area (Å²) in [5.74, 6) is 0.747. The largest absolute Gasteiger partial charge is 0.445 e. The monoisotopic (exact) mass is 370 g/mol. The Balaban J connectivity index is 1.49. The fourth-order valence-electron chi connectivity index (χ4n) is 2.77. The highest BCUT2D eigenvalue weighted by Crippen LogP contribution is 2.28. The van der Waals surface area contributed by atoms with E-state index in [4.69, 9.17) is 4.74 Å². The van der Waals surface area contributed by atoms with Gasteiger partial charge >= 0.3 is 6.09 Å². The number of hydrogen-bond donors (Lipinski definition) is 1. The van der Waals surface area contributed by atoms with Crippen molar-refractivity contribution in [2.75, 3.05) is 18.8 Å². The summed E-state index contributed by atoms with van der Waals surface area (Å²) in [7, 11) is 0. The third-order valence-corrected chi connectivity index (χ3v) is 5.24. The van der Waals surface area contributed by atoms with Crippen LogP contribution >= 0.6 is 11.8 Å². The van der Waals surface area contributed by atoms with Gasteiger partial charge in [-0.2, -0.15) is 0 Å². The molecule has 136 valence electrons. The van der Waals surface area contributed by atoms with Crippen LogP contribution in [-0.2, 0) is 22.7 Å². The zero-order chi connectivity index (χ0) is 18.4. The van der Waals surface area contributed by atoms with Gasteiger partial charge in [-0.3, -0.25) is 4.79 Å². The molecule has 2 amide bonds. The van der Waals surface area contributed by atoms with Gasteiger partial charge in [0.2, 0.25) is 5.91 Å². The number of nitrogens with one attached hydrogen (secondary N) is 1. The second-order valence-corrected chi connectivity index (χ2v) is 7.33. The molecule has 3 rings (SSSR count). The van der Waals surface area contributed by atoms with Crippen molar-refractivity contribution in [1.29, 1.82) is 0 Å². The summed E-state index contributed by atoms with van der Waals surface area (Å²) < 4.78 is 5.14. The van der Waals surface area contributed by atoms with E-state index in [9.17, 15) is 9.59 Å². The zero-order valence-corrected chi connectivity index (χ0v) is 15.6. The highest BCUT2D eigenvalue weighted by Gasteiger charge is 2.20. The summed E-state index contributed by atoms with van der Waals surface area (Å²) in [5, 5.41) is 2.55.